The van der Waals surface area contributed by atoms with Gasteiger partial charge in [-0.05, 0) is 12.8 Å². The molecule has 1 rings (SSSR count). The summed E-state index contributed by atoms with van der Waals surface area (Å²) in [4.78, 5) is 21.7. The van der Waals surface area contributed by atoms with Crippen molar-refractivity contribution in [2.45, 2.75) is 19.3 Å². The van der Waals surface area contributed by atoms with Gasteiger partial charge in [-0.15, -0.1) is 0 Å². The summed E-state index contributed by atoms with van der Waals surface area (Å²) in [5.41, 5.74) is 0. The van der Waals surface area contributed by atoms with Crippen LogP contribution in [0.2, 0.25) is 0 Å². The third kappa shape index (κ3) is 3.02. The summed E-state index contributed by atoms with van der Waals surface area (Å²) in [7, 11) is 0. The molecule has 2 amide bonds. The average molecular weight is 156 g/mol. The maximum atomic E-state index is 10.8. The number of rotatable bonds is 0. The van der Waals surface area contributed by atoms with Crippen LogP contribution in [-0.2, 0) is 9.59 Å². The fraction of sp³-hybridized carbons (Fsp3) is 0.714. The molecule has 0 aromatic heterocycles. The first-order valence-corrected chi connectivity index (χ1v) is 3.82. The van der Waals surface area contributed by atoms with Gasteiger partial charge in [0.1, 0.15) is 0 Å². The molecule has 0 saturated carbocycles. The van der Waals surface area contributed by atoms with Gasteiger partial charge >= 0.3 is 0 Å². The maximum absolute atomic E-state index is 10.8. The molecule has 0 unspecified atom stereocenters. The van der Waals surface area contributed by atoms with E-state index >= 15 is 0 Å². The van der Waals surface area contributed by atoms with E-state index in [1.165, 1.54) is 0 Å². The number of carbonyl (C=O) groups excluding carboxylic acids is 2. The first kappa shape index (κ1) is 8.04. The Hall–Kier alpha value is -1.06. The minimum atomic E-state index is -0.0970. The summed E-state index contributed by atoms with van der Waals surface area (Å²) < 4.78 is 0. The van der Waals surface area contributed by atoms with Crippen LogP contribution in [0.5, 0.6) is 0 Å². The highest BCUT2D eigenvalue weighted by atomic mass is 16.2. The third-order valence-electron chi connectivity index (χ3n) is 1.60. The number of hydrogen-bond acceptors (Lipinski definition) is 2. The van der Waals surface area contributed by atoms with Crippen molar-refractivity contribution in [3.8, 4) is 0 Å². The Bertz CT molecular complexity index is 150. The Morgan fingerprint density at radius 2 is 1.82 bits per heavy atom. The average Bonchev–Trinajstić information content (AvgIpc) is 2.06. The monoisotopic (exact) mass is 156 g/mol. The van der Waals surface area contributed by atoms with E-state index in [0.29, 0.717) is 13.0 Å². The predicted octanol–water partition coefficient (Wildman–Crippen LogP) is -0.597. The van der Waals surface area contributed by atoms with Crippen molar-refractivity contribution < 1.29 is 9.59 Å². The Kier molecular flexibility index (Phi) is 2.89. The summed E-state index contributed by atoms with van der Waals surface area (Å²) in [5.74, 6) is -0.123. The van der Waals surface area contributed by atoms with Crippen molar-refractivity contribution >= 4 is 11.8 Å². The van der Waals surface area contributed by atoms with Crippen LogP contribution in [0, 0.1) is 0 Å². The van der Waals surface area contributed by atoms with Crippen LogP contribution in [0.25, 0.3) is 0 Å². The predicted molar refractivity (Wildman–Crippen MR) is 39.9 cm³/mol. The summed E-state index contributed by atoms with van der Waals surface area (Å²) in [6.45, 7) is 0.812. The molecule has 4 nitrogen and oxygen atoms in total. The van der Waals surface area contributed by atoms with Gasteiger partial charge in [0.2, 0.25) is 11.8 Å². The normalized spacial score (nSPS) is 20.7. The highest BCUT2D eigenvalue weighted by molar-refractivity contribution is 5.84. The Labute approximate surface area is 65.3 Å². The maximum Gasteiger partial charge on any atom is 0.239 e. The van der Waals surface area contributed by atoms with E-state index in [-0.39, 0.29) is 18.4 Å². The molecule has 1 aliphatic rings. The van der Waals surface area contributed by atoms with Gasteiger partial charge in [0.15, 0.2) is 0 Å². The zero-order valence-electron chi connectivity index (χ0n) is 6.35. The van der Waals surface area contributed by atoms with E-state index in [9.17, 15) is 9.59 Å². The smallest absolute Gasteiger partial charge is 0.239 e. The van der Waals surface area contributed by atoms with Crippen LogP contribution in [0.4, 0.5) is 0 Å². The molecule has 0 aromatic carbocycles. The molecule has 0 aliphatic carbocycles. The fourth-order valence-corrected chi connectivity index (χ4v) is 0.968. The van der Waals surface area contributed by atoms with Crippen molar-refractivity contribution in [3.63, 3.8) is 0 Å². The van der Waals surface area contributed by atoms with Crippen molar-refractivity contribution in [1.82, 2.24) is 10.6 Å². The van der Waals surface area contributed by atoms with Crippen LogP contribution in [0.1, 0.15) is 19.3 Å². The third-order valence-corrected chi connectivity index (χ3v) is 1.60. The molecular weight excluding hydrogens is 144 g/mol. The van der Waals surface area contributed by atoms with E-state index in [2.05, 4.69) is 10.6 Å². The lowest BCUT2D eigenvalue weighted by Gasteiger charge is -2.00. The number of carbonyl (C=O) groups is 2. The van der Waals surface area contributed by atoms with Gasteiger partial charge in [-0.3, -0.25) is 9.59 Å². The Morgan fingerprint density at radius 1 is 1.00 bits per heavy atom. The molecule has 11 heavy (non-hydrogen) atoms. The van der Waals surface area contributed by atoms with Gasteiger partial charge in [0.25, 0.3) is 0 Å². The molecule has 4 heteroatoms. The van der Waals surface area contributed by atoms with Gasteiger partial charge in [0.05, 0.1) is 6.54 Å². The molecule has 0 radical (unpaired) electrons. The zero-order chi connectivity index (χ0) is 8.10. The molecule has 0 aromatic rings. The van der Waals surface area contributed by atoms with Crippen LogP contribution >= 0.6 is 0 Å². The lowest BCUT2D eigenvalue weighted by atomic mass is 10.2. The van der Waals surface area contributed by atoms with E-state index in [0.717, 1.165) is 12.8 Å². The second-order valence-electron chi connectivity index (χ2n) is 2.58. The second-order valence-corrected chi connectivity index (χ2v) is 2.58. The van der Waals surface area contributed by atoms with Crippen molar-refractivity contribution in [1.29, 1.82) is 0 Å². The standard InChI is InChI=1S/C7H12N2O2/c10-6-3-1-2-4-8-7(11)5-9-6/h1-5H2,(H,8,11)(H,9,10). The summed E-state index contributed by atoms with van der Waals surface area (Å²) in [6.07, 6.45) is 2.28. The molecule has 1 aliphatic heterocycles. The van der Waals surface area contributed by atoms with Gasteiger partial charge in [-0.25, -0.2) is 0 Å². The van der Waals surface area contributed by atoms with Crippen LogP contribution in [0.3, 0.4) is 0 Å². The molecule has 62 valence electrons. The number of amides is 2. The lowest BCUT2D eigenvalue weighted by Crippen LogP contribution is -2.35. The lowest BCUT2D eigenvalue weighted by molar-refractivity contribution is -0.125. The first-order valence-electron chi connectivity index (χ1n) is 3.82. The van der Waals surface area contributed by atoms with E-state index in [4.69, 9.17) is 0 Å². The number of hydrogen-bond donors (Lipinski definition) is 2. The van der Waals surface area contributed by atoms with Gasteiger partial charge < -0.3 is 10.6 Å². The second kappa shape index (κ2) is 3.95. The van der Waals surface area contributed by atoms with Gasteiger partial charge in [-0.2, -0.15) is 0 Å². The van der Waals surface area contributed by atoms with Crippen molar-refractivity contribution in [3.05, 3.63) is 0 Å². The highest BCUT2D eigenvalue weighted by Gasteiger charge is 2.07. The molecule has 0 spiro atoms. The molecule has 1 heterocycles. The van der Waals surface area contributed by atoms with Crippen LogP contribution in [0.15, 0.2) is 0 Å². The summed E-state index contributed by atoms with van der Waals surface area (Å²) in [5, 5.41) is 5.21. The summed E-state index contributed by atoms with van der Waals surface area (Å²) in [6, 6.07) is 0. The minimum Gasteiger partial charge on any atom is -0.355 e. The Morgan fingerprint density at radius 3 is 2.64 bits per heavy atom. The summed E-state index contributed by atoms with van der Waals surface area (Å²) >= 11 is 0. The quantitative estimate of drug-likeness (QED) is 0.492. The molecule has 1 saturated heterocycles. The molecule has 0 atom stereocenters. The van der Waals surface area contributed by atoms with Crippen LogP contribution in [-0.4, -0.2) is 24.9 Å². The molecule has 0 bridgehead atoms. The minimum absolute atomic E-state index is 0.0259. The first-order chi connectivity index (χ1) is 5.29. The Balaban J connectivity index is 2.37. The highest BCUT2D eigenvalue weighted by Crippen LogP contribution is 1.94. The van der Waals surface area contributed by atoms with Gasteiger partial charge in [0, 0.05) is 13.0 Å². The van der Waals surface area contributed by atoms with Gasteiger partial charge in [-0.1, -0.05) is 0 Å². The van der Waals surface area contributed by atoms with E-state index < -0.39 is 0 Å². The van der Waals surface area contributed by atoms with E-state index in [1.807, 2.05) is 0 Å². The number of nitrogens with one attached hydrogen (secondary N) is 2. The molecular formula is C7H12N2O2. The fourth-order valence-electron chi connectivity index (χ4n) is 0.968. The zero-order valence-corrected chi connectivity index (χ0v) is 6.35. The van der Waals surface area contributed by atoms with Crippen molar-refractivity contribution in [2.24, 2.45) is 0 Å². The van der Waals surface area contributed by atoms with Crippen LogP contribution < -0.4 is 10.6 Å². The van der Waals surface area contributed by atoms with E-state index in [1.54, 1.807) is 0 Å². The van der Waals surface area contributed by atoms with Crippen molar-refractivity contribution in [2.75, 3.05) is 13.1 Å². The topological polar surface area (TPSA) is 58.2 Å². The largest absolute Gasteiger partial charge is 0.355 e. The molecule has 2 N–H and O–H groups in total. The SMILES string of the molecule is O=C1CCCCNC(=O)CN1. The molecule has 1 fully saturated rings.